The Labute approximate surface area is 97.3 Å². The molecule has 2 N–H and O–H groups in total. The fraction of sp³-hybridized carbons (Fsp3) is 0.300. The standard InChI is InChI=1S/C10H12N2O5/c1-16-5-6-3-7(10(14)15)8(11-4-6)9(13)12-17-2/h3-4H,5H2,1-2H3,(H,12,13)(H,14,15). The fourth-order valence-electron chi connectivity index (χ4n) is 1.24. The summed E-state index contributed by atoms with van der Waals surface area (Å²) >= 11 is 0. The smallest absolute Gasteiger partial charge is 0.338 e. The number of ether oxygens (including phenoxy) is 1. The minimum absolute atomic E-state index is 0.200. The van der Waals surface area contributed by atoms with E-state index in [1.807, 2.05) is 5.48 Å². The second kappa shape index (κ2) is 5.92. The Morgan fingerprint density at radius 1 is 1.47 bits per heavy atom. The van der Waals surface area contributed by atoms with Crippen LogP contribution in [0.1, 0.15) is 26.4 Å². The molecule has 0 atom stereocenters. The van der Waals surface area contributed by atoms with Gasteiger partial charge in [0.05, 0.1) is 19.3 Å². The molecule has 1 rings (SSSR count). The lowest BCUT2D eigenvalue weighted by Crippen LogP contribution is -2.25. The number of amides is 1. The lowest BCUT2D eigenvalue weighted by atomic mass is 10.1. The molecular weight excluding hydrogens is 228 g/mol. The van der Waals surface area contributed by atoms with Crippen LogP contribution in [0.25, 0.3) is 0 Å². The van der Waals surface area contributed by atoms with Crippen LogP contribution in [0.15, 0.2) is 12.3 Å². The van der Waals surface area contributed by atoms with Crippen LogP contribution in [0.2, 0.25) is 0 Å². The zero-order valence-electron chi connectivity index (χ0n) is 9.39. The van der Waals surface area contributed by atoms with E-state index in [1.165, 1.54) is 26.5 Å². The first-order valence-corrected chi connectivity index (χ1v) is 4.64. The number of methoxy groups -OCH3 is 1. The molecule has 0 aliphatic carbocycles. The van der Waals surface area contributed by atoms with E-state index in [9.17, 15) is 9.59 Å². The zero-order valence-corrected chi connectivity index (χ0v) is 9.39. The SMILES string of the molecule is COCc1cnc(C(=O)NOC)c(C(=O)O)c1. The summed E-state index contributed by atoms with van der Waals surface area (Å²) in [5, 5.41) is 8.97. The van der Waals surface area contributed by atoms with Crippen molar-refractivity contribution >= 4 is 11.9 Å². The first-order chi connectivity index (χ1) is 8.10. The van der Waals surface area contributed by atoms with Crippen molar-refractivity contribution in [3.8, 4) is 0 Å². The van der Waals surface area contributed by atoms with Crippen molar-refractivity contribution in [2.75, 3.05) is 14.2 Å². The second-order valence-electron chi connectivity index (χ2n) is 3.11. The Morgan fingerprint density at radius 2 is 2.18 bits per heavy atom. The van der Waals surface area contributed by atoms with E-state index < -0.39 is 11.9 Å². The number of aromatic nitrogens is 1. The summed E-state index contributed by atoms with van der Waals surface area (Å²) in [6.45, 7) is 0.222. The van der Waals surface area contributed by atoms with Gasteiger partial charge in [0.15, 0.2) is 0 Å². The second-order valence-corrected chi connectivity index (χ2v) is 3.11. The summed E-state index contributed by atoms with van der Waals surface area (Å²) < 4.78 is 4.85. The number of nitrogens with one attached hydrogen (secondary N) is 1. The van der Waals surface area contributed by atoms with Gasteiger partial charge in [-0.1, -0.05) is 0 Å². The van der Waals surface area contributed by atoms with Crippen LogP contribution in [-0.2, 0) is 16.2 Å². The van der Waals surface area contributed by atoms with Crippen LogP contribution in [0.3, 0.4) is 0 Å². The normalized spacial score (nSPS) is 10.0. The molecule has 1 aromatic heterocycles. The highest BCUT2D eigenvalue weighted by Crippen LogP contribution is 2.10. The molecule has 0 radical (unpaired) electrons. The van der Waals surface area contributed by atoms with Gasteiger partial charge in [-0.15, -0.1) is 0 Å². The third-order valence-electron chi connectivity index (χ3n) is 1.90. The van der Waals surface area contributed by atoms with Gasteiger partial charge < -0.3 is 9.84 Å². The number of hydrogen-bond donors (Lipinski definition) is 2. The Kier molecular flexibility index (Phi) is 4.56. The summed E-state index contributed by atoms with van der Waals surface area (Å²) in [5.41, 5.74) is 2.17. The van der Waals surface area contributed by atoms with Gasteiger partial charge in [-0.05, 0) is 11.6 Å². The fourth-order valence-corrected chi connectivity index (χ4v) is 1.24. The van der Waals surface area contributed by atoms with E-state index in [0.29, 0.717) is 5.56 Å². The zero-order chi connectivity index (χ0) is 12.8. The van der Waals surface area contributed by atoms with Gasteiger partial charge in [0, 0.05) is 13.3 Å². The maximum Gasteiger partial charge on any atom is 0.338 e. The highest BCUT2D eigenvalue weighted by molar-refractivity contribution is 6.02. The van der Waals surface area contributed by atoms with Gasteiger partial charge in [0.2, 0.25) is 0 Å². The Bertz CT molecular complexity index is 433. The molecule has 1 heterocycles. The molecular formula is C10H12N2O5. The number of hydrogen-bond acceptors (Lipinski definition) is 5. The number of carboxylic acids is 1. The molecule has 7 heteroatoms. The van der Waals surface area contributed by atoms with E-state index in [4.69, 9.17) is 9.84 Å². The first-order valence-electron chi connectivity index (χ1n) is 4.64. The van der Waals surface area contributed by atoms with Crippen molar-refractivity contribution in [1.82, 2.24) is 10.5 Å². The number of rotatable bonds is 5. The Hall–Kier alpha value is -1.99. The predicted octanol–water partition coefficient (Wildman–Crippen LogP) is 0.217. The molecule has 0 aliphatic rings. The number of carbonyl (C=O) groups excluding carboxylic acids is 1. The molecule has 0 fully saturated rings. The average Bonchev–Trinajstić information content (AvgIpc) is 2.29. The van der Waals surface area contributed by atoms with Crippen molar-refractivity contribution in [3.05, 3.63) is 29.1 Å². The number of hydroxylamine groups is 1. The quantitative estimate of drug-likeness (QED) is 0.714. The van der Waals surface area contributed by atoms with Crippen molar-refractivity contribution in [2.45, 2.75) is 6.61 Å². The summed E-state index contributed by atoms with van der Waals surface area (Å²) in [4.78, 5) is 30.6. The molecule has 0 bridgehead atoms. The molecule has 92 valence electrons. The lowest BCUT2D eigenvalue weighted by Gasteiger charge is -2.07. The maximum atomic E-state index is 11.4. The van der Waals surface area contributed by atoms with Crippen LogP contribution in [0.5, 0.6) is 0 Å². The van der Waals surface area contributed by atoms with E-state index in [1.54, 1.807) is 0 Å². The first kappa shape index (κ1) is 13.1. The molecule has 0 unspecified atom stereocenters. The molecule has 1 amide bonds. The van der Waals surface area contributed by atoms with Crippen LogP contribution < -0.4 is 5.48 Å². The number of pyridine rings is 1. The van der Waals surface area contributed by atoms with Crippen molar-refractivity contribution < 1.29 is 24.3 Å². The molecule has 0 saturated carbocycles. The van der Waals surface area contributed by atoms with Crippen molar-refractivity contribution in [1.29, 1.82) is 0 Å². The average molecular weight is 240 g/mol. The third-order valence-corrected chi connectivity index (χ3v) is 1.90. The van der Waals surface area contributed by atoms with Crippen molar-refractivity contribution in [3.63, 3.8) is 0 Å². The van der Waals surface area contributed by atoms with E-state index >= 15 is 0 Å². The maximum absolute atomic E-state index is 11.4. The van der Waals surface area contributed by atoms with Crippen LogP contribution in [0, 0.1) is 0 Å². The minimum Gasteiger partial charge on any atom is -0.478 e. The van der Waals surface area contributed by atoms with Gasteiger partial charge in [0.1, 0.15) is 5.69 Å². The highest BCUT2D eigenvalue weighted by Gasteiger charge is 2.18. The molecule has 17 heavy (non-hydrogen) atoms. The lowest BCUT2D eigenvalue weighted by molar-refractivity contribution is 0.0523. The number of aromatic carboxylic acids is 1. The van der Waals surface area contributed by atoms with Crippen LogP contribution >= 0.6 is 0 Å². The van der Waals surface area contributed by atoms with Gasteiger partial charge >= 0.3 is 5.97 Å². The molecule has 0 saturated heterocycles. The third kappa shape index (κ3) is 3.23. The number of carboxylic acid groups (broad SMARTS) is 1. The summed E-state index contributed by atoms with van der Waals surface area (Å²) in [6, 6.07) is 1.34. The van der Waals surface area contributed by atoms with E-state index in [0.717, 1.165) is 0 Å². The molecule has 0 aromatic carbocycles. The minimum atomic E-state index is -1.24. The molecule has 1 aromatic rings. The Balaban J connectivity index is 3.12. The molecule has 0 aliphatic heterocycles. The van der Waals surface area contributed by atoms with Gasteiger partial charge in [-0.2, -0.15) is 0 Å². The van der Waals surface area contributed by atoms with Crippen molar-refractivity contribution in [2.24, 2.45) is 0 Å². The van der Waals surface area contributed by atoms with E-state index in [-0.39, 0.29) is 17.9 Å². The molecule has 0 spiro atoms. The monoisotopic (exact) mass is 240 g/mol. The Morgan fingerprint density at radius 3 is 2.71 bits per heavy atom. The summed E-state index contributed by atoms with van der Waals surface area (Å²) in [6.07, 6.45) is 1.38. The number of carbonyl (C=O) groups is 2. The van der Waals surface area contributed by atoms with Gasteiger partial charge in [-0.25, -0.2) is 15.3 Å². The number of nitrogens with zero attached hydrogens (tertiary/aromatic N) is 1. The summed E-state index contributed by atoms with van der Waals surface area (Å²) in [5.74, 6) is -1.95. The highest BCUT2D eigenvalue weighted by atomic mass is 16.6. The van der Waals surface area contributed by atoms with Crippen LogP contribution in [0.4, 0.5) is 0 Å². The summed E-state index contributed by atoms with van der Waals surface area (Å²) in [7, 11) is 2.73. The predicted molar refractivity (Wildman–Crippen MR) is 56.4 cm³/mol. The van der Waals surface area contributed by atoms with Gasteiger partial charge in [0.25, 0.3) is 5.91 Å². The largest absolute Gasteiger partial charge is 0.478 e. The molecule has 7 nitrogen and oxygen atoms in total. The topological polar surface area (TPSA) is 97.8 Å². The van der Waals surface area contributed by atoms with Gasteiger partial charge in [-0.3, -0.25) is 9.63 Å². The van der Waals surface area contributed by atoms with E-state index in [2.05, 4.69) is 9.82 Å². The van der Waals surface area contributed by atoms with Crippen LogP contribution in [-0.4, -0.2) is 36.2 Å².